The van der Waals surface area contributed by atoms with E-state index < -0.39 is 29.1 Å². The molecule has 0 atom stereocenters. The normalized spacial score (nSPS) is 12.0. The van der Waals surface area contributed by atoms with E-state index in [4.69, 9.17) is 14.2 Å². The number of amides is 1. The smallest absolute Gasteiger partial charge is 0.355 e. The molecule has 0 aliphatic carbocycles. The lowest BCUT2D eigenvalue weighted by atomic mass is 10.1. The van der Waals surface area contributed by atoms with E-state index in [0.29, 0.717) is 33.9 Å². The molecule has 9 heteroatoms. The minimum Gasteiger partial charge on any atom is -0.461 e. The molecule has 0 radical (unpaired) electrons. The van der Waals surface area contributed by atoms with Crippen molar-refractivity contribution in [3.63, 3.8) is 0 Å². The van der Waals surface area contributed by atoms with Crippen molar-refractivity contribution >= 4 is 11.9 Å². The number of carbonyl (C=O) groups excluding carboxylic acids is 2. The first-order valence-corrected chi connectivity index (χ1v) is 10.8. The maximum Gasteiger partial charge on any atom is 0.355 e. The van der Waals surface area contributed by atoms with Gasteiger partial charge in [0, 0.05) is 18.8 Å². The Balaban J connectivity index is 1.71. The number of hydrogen-bond donors (Lipinski definition) is 1. The zero-order valence-electron chi connectivity index (χ0n) is 19.0. The molecule has 0 unspecified atom stereocenters. The van der Waals surface area contributed by atoms with Crippen LogP contribution >= 0.6 is 0 Å². The van der Waals surface area contributed by atoms with Crippen LogP contribution in [0, 0.1) is 25.5 Å². The molecule has 1 amide bonds. The zero-order chi connectivity index (χ0) is 24.4. The van der Waals surface area contributed by atoms with Gasteiger partial charge in [-0.2, -0.15) is 0 Å². The quantitative estimate of drug-likeness (QED) is 0.508. The van der Waals surface area contributed by atoms with Crippen LogP contribution in [0.5, 0.6) is 11.5 Å². The van der Waals surface area contributed by atoms with Gasteiger partial charge in [0.05, 0.1) is 6.61 Å². The number of aromatic nitrogens is 1. The Bertz CT molecular complexity index is 1230. The van der Waals surface area contributed by atoms with Crippen molar-refractivity contribution < 1.29 is 32.6 Å². The van der Waals surface area contributed by atoms with Crippen molar-refractivity contribution in [3.8, 4) is 11.5 Å². The minimum atomic E-state index is -0.949. The van der Waals surface area contributed by atoms with Crippen molar-refractivity contribution in [1.82, 2.24) is 9.88 Å². The van der Waals surface area contributed by atoms with Crippen molar-refractivity contribution in [2.75, 3.05) is 13.4 Å². The van der Waals surface area contributed by atoms with E-state index in [0.717, 1.165) is 12.1 Å². The summed E-state index contributed by atoms with van der Waals surface area (Å²) in [5.74, 6) is -2.11. The van der Waals surface area contributed by atoms with E-state index in [1.165, 1.54) is 11.0 Å². The van der Waals surface area contributed by atoms with Gasteiger partial charge in [-0.25, -0.2) is 13.6 Å². The summed E-state index contributed by atoms with van der Waals surface area (Å²) in [4.78, 5) is 30.0. The predicted octanol–water partition coefficient (Wildman–Crippen LogP) is 4.66. The molecule has 178 valence electrons. The Hall–Kier alpha value is -3.88. The van der Waals surface area contributed by atoms with Crippen LogP contribution in [0.15, 0.2) is 36.4 Å². The lowest BCUT2D eigenvalue weighted by Gasteiger charge is -2.24. The van der Waals surface area contributed by atoms with Crippen LogP contribution in [0.4, 0.5) is 8.78 Å². The number of benzene rings is 2. The number of aryl methyl sites for hydroxylation is 1. The van der Waals surface area contributed by atoms with E-state index >= 15 is 0 Å². The van der Waals surface area contributed by atoms with Crippen molar-refractivity contribution in [2.45, 2.75) is 33.9 Å². The molecule has 1 aliphatic rings. The summed E-state index contributed by atoms with van der Waals surface area (Å²) in [6, 6.07) is 8.49. The number of carbonyl (C=O) groups is 2. The second-order valence-corrected chi connectivity index (χ2v) is 7.89. The highest BCUT2D eigenvalue weighted by atomic mass is 19.1. The molecule has 1 aliphatic heterocycles. The molecule has 7 nitrogen and oxygen atoms in total. The highest BCUT2D eigenvalue weighted by Crippen LogP contribution is 2.33. The van der Waals surface area contributed by atoms with Crippen molar-refractivity contribution in [2.24, 2.45) is 0 Å². The van der Waals surface area contributed by atoms with E-state index in [9.17, 15) is 18.4 Å². The highest BCUT2D eigenvalue weighted by Gasteiger charge is 2.27. The van der Waals surface area contributed by atoms with E-state index in [1.807, 2.05) is 0 Å². The topological polar surface area (TPSA) is 80.9 Å². The number of fused-ring (bicyclic) bond motifs is 1. The first kappa shape index (κ1) is 23.3. The summed E-state index contributed by atoms with van der Waals surface area (Å²) >= 11 is 0. The summed E-state index contributed by atoms with van der Waals surface area (Å²) in [7, 11) is 0. The second kappa shape index (κ2) is 9.54. The Kier molecular flexibility index (Phi) is 6.54. The monoisotopic (exact) mass is 470 g/mol. The summed E-state index contributed by atoms with van der Waals surface area (Å²) in [6.45, 7) is 5.57. The number of ether oxygens (including phenoxy) is 3. The average Bonchev–Trinajstić information content (AvgIpc) is 3.37. The van der Waals surface area contributed by atoms with Gasteiger partial charge >= 0.3 is 5.97 Å². The Morgan fingerprint density at radius 2 is 1.76 bits per heavy atom. The molecule has 0 saturated carbocycles. The number of halogens is 2. The molecule has 2 heterocycles. The number of nitrogens with zero attached hydrogens (tertiary/aromatic N) is 1. The number of aromatic amines is 1. The standard InChI is InChI=1S/C25H24F2N2O5/c1-4-32-25(31)23-14(2)17(15(3)28-23)12-29(24(30)22-18(26)6-5-7-19(22)27)11-16-8-9-20-21(10-16)34-13-33-20/h5-10,28H,4,11-13H2,1-3H3. The van der Waals surface area contributed by atoms with E-state index in [2.05, 4.69) is 4.98 Å². The fourth-order valence-corrected chi connectivity index (χ4v) is 3.94. The highest BCUT2D eigenvalue weighted by molar-refractivity contribution is 5.95. The fraction of sp³-hybridized carbons (Fsp3) is 0.280. The number of H-pyrrole nitrogens is 1. The molecular formula is C25H24F2N2O5. The largest absolute Gasteiger partial charge is 0.461 e. The average molecular weight is 470 g/mol. The molecule has 4 rings (SSSR count). The molecule has 1 aromatic heterocycles. The lowest BCUT2D eigenvalue weighted by molar-refractivity contribution is 0.0519. The van der Waals surface area contributed by atoms with Gasteiger partial charge in [-0.15, -0.1) is 0 Å². The van der Waals surface area contributed by atoms with E-state index in [1.54, 1.807) is 39.0 Å². The maximum atomic E-state index is 14.5. The van der Waals surface area contributed by atoms with E-state index in [-0.39, 0.29) is 32.2 Å². The molecule has 1 N–H and O–H groups in total. The van der Waals surface area contributed by atoms with Gasteiger partial charge in [0.15, 0.2) is 11.5 Å². The first-order valence-electron chi connectivity index (χ1n) is 10.8. The number of rotatable bonds is 7. The SMILES string of the molecule is CCOC(=O)c1[nH]c(C)c(CN(Cc2ccc3c(c2)OCO3)C(=O)c2c(F)cccc2F)c1C. The van der Waals surface area contributed by atoms with Crippen molar-refractivity contribution in [1.29, 1.82) is 0 Å². The van der Waals surface area contributed by atoms with Crippen LogP contribution in [-0.4, -0.2) is 35.2 Å². The van der Waals surface area contributed by atoms with Gasteiger partial charge < -0.3 is 24.1 Å². The third-order valence-electron chi connectivity index (χ3n) is 5.70. The Labute approximate surface area is 195 Å². The number of esters is 1. The molecule has 0 bridgehead atoms. The summed E-state index contributed by atoms with van der Waals surface area (Å²) in [5, 5.41) is 0. The third-order valence-corrected chi connectivity index (χ3v) is 5.70. The van der Waals surface area contributed by atoms with Crippen LogP contribution in [0.1, 0.15) is 50.2 Å². The maximum absolute atomic E-state index is 14.5. The fourth-order valence-electron chi connectivity index (χ4n) is 3.94. The van der Waals surface area contributed by atoms with Crippen LogP contribution in [0.2, 0.25) is 0 Å². The van der Waals surface area contributed by atoms with Crippen LogP contribution < -0.4 is 9.47 Å². The second-order valence-electron chi connectivity index (χ2n) is 7.89. The summed E-state index contributed by atoms with van der Waals surface area (Å²) in [5.41, 5.74) is 2.24. The molecule has 0 saturated heterocycles. The van der Waals surface area contributed by atoms with Crippen LogP contribution in [0.25, 0.3) is 0 Å². The van der Waals surface area contributed by atoms with Crippen LogP contribution in [0.3, 0.4) is 0 Å². The number of nitrogens with one attached hydrogen (secondary N) is 1. The molecule has 0 fully saturated rings. The Morgan fingerprint density at radius 3 is 2.47 bits per heavy atom. The van der Waals surface area contributed by atoms with Crippen molar-refractivity contribution in [3.05, 3.63) is 81.7 Å². The molecule has 3 aromatic rings. The molecular weight excluding hydrogens is 446 g/mol. The molecule has 2 aromatic carbocycles. The van der Waals surface area contributed by atoms with Crippen LogP contribution in [-0.2, 0) is 17.8 Å². The van der Waals surface area contributed by atoms with Gasteiger partial charge in [0.1, 0.15) is 22.9 Å². The minimum absolute atomic E-state index is 0.00855. The first-order chi connectivity index (χ1) is 16.3. The number of hydrogen-bond acceptors (Lipinski definition) is 5. The predicted molar refractivity (Wildman–Crippen MR) is 119 cm³/mol. The summed E-state index contributed by atoms with van der Waals surface area (Å²) in [6.07, 6.45) is 0. The zero-order valence-corrected chi connectivity index (χ0v) is 19.0. The summed E-state index contributed by atoms with van der Waals surface area (Å²) < 4.78 is 44.8. The van der Waals surface area contributed by atoms with Gasteiger partial charge in [0.2, 0.25) is 6.79 Å². The Morgan fingerprint density at radius 1 is 1.06 bits per heavy atom. The van der Waals surface area contributed by atoms with Gasteiger partial charge in [-0.05, 0) is 61.7 Å². The van der Waals surface area contributed by atoms with Gasteiger partial charge in [-0.3, -0.25) is 4.79 Å². The third kappa shape index (κ3) is 4.46. The van der Waals surface area contributed by atoms with Gasteiger partial charge in [0.25, 0.3) is 5.91 Å². The van der Waals surface area contributed by atoms with Gasteiger partial charge in [-0.1, -0.05) is 12.1 Å². The molecule has 34 heavy (non-hydrogen) atoms. The lowest BCUT2D eigenvalue weighted by Crippen LogP contribution is -2.32. The molecule has 0 spiro atoms.